The Balaban J connectivity index is 2.04. The van der Waals surface area contributed by atoms with Crippen LogP contribution in [0.15, 0.2) is 18.2 Å². The molecule has 2 rings (SSSR count). The summed E-state index contributed by atoms with van der Waals surface area (Å²) in [7, 11) is 0. The van der Waals surface area contributed by atoms with Crippen LogP contribution >= 0.6 is 0 Å². The van der Waals surface area contributed by atoms with Gasteiger partial charge in [0, 0.05) is 0 Å². The first-order chi connectivity index (χ1) is 14.1. The van der Waals surface area contributed by atoms with Gasteiger partial charge in [-0.3, -0.25) is 4.98 Å². The van der Waals surface area contributed by atoms with E-state index in [0.717, 1.165) is 24.2 Å². The van der Waals surface area contributed by atoms with Gasteiger partial charge in [-0.15, -0.1) is 0 Å². The third-order valence-corrected chi connectivity index (χ3v) is 5.62. The van der Waals surface area contributed by atoms with E-state index in [4.69, 9.17) is 28.7 Å². The van der Waals surface area contributed by atoms with Crippen molar-refractivity contribution in [2.75, 3.05) is 39.6 Å². The minimum Gasteiger partial charge on any atom is -0.377 e. The standard InChI is InChI=1S/C23H39NO5/c1-5-18(3)22-16-26-12-10-25-11-13-27-17-23(19(4)6-2)29-15-21-9-7-8-20(24-21)14-28-22/h7-9,18-19,22-23H,5-6,10-17H2,1-4H3/t18-,19-,22-,23-/m0/s1. The van der Waals surface area contributed by atoms with Crippen molar-refractivity contribution in [2.45, 2.75) is 66.0 Å². The second kappa shape index (κ2) is 14.0. The summed E-state index contributed by atoms with van der Waals surface area (Å²) in [5.74, 6) is 0.829. The lowest BCUT2D eigenvalue weighted by atomic mass is 10.0. The zero-order valence-electron chi connectivity index (χ0n) is 18.6. The molecule has 4 atom stereocenters. The number of aromatic nitrogens is 1. The molecule has 1 aromatic heterocycles. The van der Waals surface area contributed by atoms with Gasteiger partial charge in [0.1, 0.15) is 0 Å². The number of hydrogen-bond donors (Lipinski definition) is 0. The van der Waals surface area contributed by atoms with E-state index in [1.54, 1.807) is 0 Å². The Labute approximate surface area is 176 Å². The molecule has 0 saturated heterocycles. The molecule has 29 heavy (non-hydrogen) atoms. The van der Waals surface area contributed by atoms with Crippen molar-refractivity contribution in [3.05, 3.63) is 29.6 Å². The lowest BCUT2D eigenvalue weighted by Gasteiger charge is -2.24. The minimum atomic E-state index is 0.0405. The lowest BCUT2D eigenvalue weighted by molar-refractivity contribution is -0.0744. The quantitative estimate of drug-likeness (QED) is 0.749. The van der Waals surface area contributed by atoms with Gasteiger partial charge in [-0.1, -0.05) is 46.6 Å². The van der Waals surface area contributed by atoms with Gasteiger partial charge < -0.3 is 23.7 Å². The molecular formula is C23H39NO5. The van der Waals surface area contributed by atoms with Gasteiger partial charge in [0.25, 0.3) is 0 Å². The third kappa shape index (κ3) is 9.09. The number of fused-ring (bicyclic) bond motifs is 2. The van der Waals surface area contributed by atoms with Crippen molar-refractivity contribution in [3.63, 3.8) is 0 Å². The van der Waals surface area contributed by atoms with E-state index in [-0.39, 0.29) is 12.2 Å². The Morgan fingerprint density at radius 2 is 1.24 bits per heavy atom. The highest BCUT2D eigenvalue weighted by Gasteiger charge is 2.19. The van der Waals surface area contributed by atoms with Crippen LogP contribution in [0, 0.1) is 11.8 Å². The second-order valence-electron chi connectivity index (χ2n) is 7.85. The van der Waals surface area contributed by atoms with Gasteiger partial charge in [-0.05, 0) is 24.0 Å². The molecule has 2 heterocycles. The minimum absolute atomic E-state index is 0.0405. The summed E-state index contributed by atoms with van der Waals surface area (Å²) in [5.41, 5.74) is 1.83. The van der Waals surface area contributed by atoms with E-state index in [1.807, 2.05) is 18.2 Å². The number of pyridine rings is 1. The first-order valence-corrected chi connectivity index (χ1v) is 11.0. The van der Waals surface area contributed by atoms with E-state index in [9.17, 15) is 0 Å². The molecule has 0 radical (unpaired) electrons. The zero-order chi connectivity index (χ0) is 20.9. The van der Waals surface area contributed by atoms with Crippen molar-refractivity contribution in [1.82, 2.24) is 4.98 Å². The van der Waals surface area contributed by atoms with Crippen molar-refractivity contribution in [3.8, 4) is 0 Å². The highest BCUT2D eigenvalue weighted by atomic mass is 16.6. The number of nitrogens with zero attached hydrogens (tertiary/aromatic N) is 1. The predicted molar refractivity (Wildman–Crippen MR) is 113 cm³/mol. The highest BCUT2D eigenvalue weighted by molar-refractivity contribution is 5.10. The topological polar surface area (TPSA) is 59.0 Å². The summed E-state index contributed by atoms with van der Waals surface area (Å²) in [4.78, 5) is 4.72. The monoisotopic (exact) mass is 409 g/mol. The van der Waals surface area contributed by atoms with Crippen LogP contribution in [-0.4, -0.2) is 56.8 Å². The summed E-state index contributed by atoms with van der Waals surface area (Å²) in [5, 5.41) is 0. The molecule has 6 heteroatoms. The average molecular weight is 410 g/mol. The maximum Gasteiger partial charge on any atom is 0.0893 e. The molecule has 1 aliphatic heterocycles. The zero-order valence-corrected chi connectivity index (χ0v) is 18.6. The Morgan fingerprint density at radius 1 is 0.793 bits per heavy atom. The number of hydrogen-bond acceptors (Lipinski definition) is 6. The second-order valence-corrected chi connectivity index (χ2v) is 7.85. The average Bonchev–Trinajstić information content (AvgIpc) is 2.75. The molecule has 0 aromatic carbocycles. The fourth-order valence-electron chi connectivity index (χ4n) is 3.09. The summed E-state index contributed by atoms with van der Waals surface area (Å²) in [6.07, 6.45) is 2.16. The molecule has 0 aliphatic carbocycles. The fraction of sp³-hybridized carbons (Fsp3) is 0.783. The number of rotatable bonds is 4. The van der Waals surface area contributed by atoms with Crippen molar-refractivity contribution < 1.29 is 23.7 Å². The van der Waals surface area contributed by atoms with Crippen molar-refractivity contribution >= 4 is 0 Å². The first-order valence-electron chi connectivity index (χ1n) is 11.0. The summed E-state index contributed by atoms with van der Waals surface area (Å²) in [6.45, 7) is 13.0. The molecular weight excluding hydrogens is 370 g/mol. The summed E-state index contributed by atoms with van der Waals surface area (Å²) in [6, 6.07) is 6.02. The van der Waals surface area contributed by atoms with E-state index in [0.29, 0.717) is 64.7 Å². The fourth-order valence-corrected chi connectivity index (χ4v) is 3.09. The molecule has 6 nitrogen and oxygen atoms in total. The smallest absolute Gasteiger partial charge is 0.0893 e. The van der Waals surface area contributed by atoms with Crippen LogP contribution in [0.4, 0.5) is 0 Å². The SMILES string of the molecule is CC[C@H](C)[C@@H]1COCCOCCOC[C@@H]([C@@H](C)CC)OCc2cccc(n2)CO1. The van der Waals surface area contributed by atoms with Crippen LogP contribution in [0.3, 0.4) is 0 Å². The van der Waals surface area contributed by atoms with Gasteiger partial charge in [0.15, 0.2) is 0 Å². The highest BCUT2D eigenvalue weighted by Crippen LogP contribution is 2.16. The van der Waals surface area contributed by atoms with Gasteiger partial charge in [-0.25, -0.2) is 0 Å². The molecule has 0 amide bonds. The normalized spacial score (nSPS) is 25.5. The van der Waals surface area contributed by atoms with Gasteiger partial charge in [0.2, 0.25) is 0 Å². The Hall–Kier alpha value is -1.05. The van der Waals surface area contributed by atoms with Crippen LogP contribution in [-0.2, 0) is 36.9 Å². The van der Waals surface area contributed by atoms with E-state index in [2.05, 4.69) is 27.7 Å². The third-order valence-electron chi connectivity index (χ3n) is 5.62. The Bertz CT molecular complexity index is 513. The molecule has 0 N–H and O–H groups in total. The maximum absolute atomic E-state index is 6.17. The van der Waals surface area contributed by atoms with Crippen LogP contribution in [0.2, 0.25) is 0 Å². The van der Waals surface area contributed by atoms with E-state index < -0.39 is 0 Å². The van der Waals surface area contributed by atoms with Crippen LogP contribution < -0.4 is 0 Å². The van der Waals surface area contributed by atoms with Crippen LogP contribution in [0.1, 0.15) is 51.9 Å². The van der Waals surface area contributed by atoms with Gasteiger partial charge >= 0.3 is 0 Å². The molecule has 1 aliphatic rings. The maximum atomic E-state index is 6.17. The van der Waals surface area contributed by atoms with Gasteiger partial charge in [0.05, 0.1) is 76.5 Å². The molecule has 0 fully saturated rings. The Morgan fingerprint density at radius 3 is 1.69 bits per heavy atom. The molecule has 1 aromatic rings. The molecule has 166 valence electrons. The van der Waals surface area contributed by atoms with Crippen molar-refractivity contribution in [1.29, 1.82) is 0 Å². The largest absolute Gasteiger partial charge is 0.377 e. The summed E-state index contributed by atoms with van der Waals surface area (Å²) < 4.78 is 29.6. The molecule has 0 unspecified atom stereocenters. The van der Waals surface area contributed by atoms with Crippen molar-refractivity contribution in [2.24, 2.45) is 11.8 Å². The molecule has 0 spiro atoms. The predicted octanol–water partition coefficient (Wildman–Crippen LogP) is 4.01. The lowest BCUT2D eigenvalue weighted by Crippen LogP contribution is -2.29. The first kappa shape index (κ1) is 24.2. The van der Waals surface area contributed by atoms with Gasteiger partial charge in [-0.2, -0.15) is 0 Å². The molecule has 0 saturated carbocycles. The van der Waals surface area contributed by atoms with Crippen LogP contribution in [0.5, 0.6) is 0 Å². The van der Waals surface area contributed by atoms with E-state index in [1.165, 1.54) is 0 Å². The van der Waals surface area contributed by atoms with Crippen LogP contribution in [0.25, 0.3) is 0 Å². The number of ether oxygens (including phenoxy) is 5. The Kier molecular flexibility index (Phi) is 11.7. The molecule has 2 bridgehead atoms. The van der Waals surface area contributed by atoms with E-state index >= 15 is 0 Å². The summed E-state index contributed by atoms with van der Waals surface area (Å²) >= 11 is 0.